The molecule has 0 bridgehead atoms. The van der Waals surface area contributed by atoms with Crippen LogP contribution >= 0.6 is 0 Å². The normalized spacial score (nSPS) is 24.2. The molecule has 1 aliphatic rings. The Morgan fingerprint density at radius 1 is 1.58 bits per heavy atom. The Labute approximate surface area is 74.9 Å². The van der Waals surface area contributed by atoms with Gasteiger partial charge in [0.2, 0.25) is 5.91 Å². The van der Waals surface area contributed by atoms with Crippen LogP contribution in [0.2, 0.25) is 0 Å². The standard InChI is InChI=1S/C10H19NO/c1-8(2)6-7-11-9(3)4-5-10(11)12/h8-9H,4-7H2,1-3H3. The van der Waals surface area contributed by atoms with E-state index in [4.69, 9.17) is 0 Å². The van der Waals surface area contributed by atoms with Crippen LogP contribution in [-0.2, 0) is 4.79 Å². The zero-order valence-corrected chi connectivity index (χ0v) is 8.34. The van der Waals surface area contributed by atoms with Crippen LogP contribution < -0.4 is 0 Å². The Morgan fingerprint density at radius 3 is 2.67 bits per heavy atom. The summed E-state index contributed by atoms with van der Waals surface area (Å²) in [5.74, 6) is 1.05. The number of hydrogen-bond acceptors (Lipinski definition) is 1. The lowest BCUT2D eigenvalue weighted by Crippen LogP contribution is -2.32. The molecule has 0 aromatic heterocycles. The van der Waals surface area contributed by atoms with Crippen molar-refractivity contribution in [2.24, 2.45) is 5.92 Å². The van der Waals surface area contributed by atoms with Crippen LogP contribution in [0.1, 0.15) is 40.0 Å². The minimum atomic E-state index is 0.350. The van der Waals surface area contributed by atoms with E-state index in [1.165, 1.54) is 0 Å². The molecule has 0 aromatic carbocycles. The third-order valence-corrected chi connectivity index (χ3v) is 2.58. The van der Waals surface area contributed by atoms with Crippen LogP contribution in [0.25, 0.3) is 0 Å². The molecule has 1 aliphatic heterocycles. The fourth-order valence-corrected chi connectivity index (χ4v) is 1.62. The summed E-state index contributed by atoms with van der Waals surface area (Å²) in [7, 11) is 0. The number of likely N-dealkylation sites (tertiary alicyclic amines) is 1. The topological polar surface area (TPSA) is 20.3 Å². The quantitative estimate of drug-likeness (QED) is 0.633. The van der Waals surface area contributed by atoms with E-state index in [1.54, 1.807) is 0 Å². The maximum Gasteiger partial charge on any atom is 0.222 e. The van der Waals surface area contributed by atoms with Gasteiger partial charge in [-0.15, -0.1) is 0 Å². The molecule has 0 aliphatic carbocycles. The second-order valence-corrected chi connectivity index (χ2v) is 4.16. The number of carbonyl (C=O) groups is 1. The molecule has 2 heteroatoms. The highest BCUT2D eigenvalue weighted by Crippen LogP contribution is 2.18. The molecular weight excluding hydrogens is 150 g/mol. The number of amides is 1. The predicted molar refractivity (Wildman–Crippen MR) is 49.9 cm³/mol. The van der Waals surface area contributed by atoms with E-state index in [2.05, 4.69) is 20.8 Å². The summed E-state index contributed by atoms with van der Waals surface area (Å²) in [4.78, 5) is 13.4. The average molecular weight is 169 g/mol. The predicted octanol–water partition coefficient (Wildman–Crippen LogP) is 2.04. The molecule has 0 radical (unpaired) electrons. The van der Waals surface area contributed by atoms with Crippen molar-refractivity contribution >= 4 is 5.91 Å². The van der Waals surface area contributed by atoms with Gasteiger partial charge in [0.05, 0.1) is 0 Å². The van der Waals surface area contributed by atoms with Crippen LogP contribution in [0.15, 0.2) is 0 Å². The first kappa shape index (κ1) is 9.56. The van der Waals surface area contributed by atoms with Crippen LogP contribution in [0.3, 0.4) is 0 Å². The number of nitrogens with zero attached hydrogens (tertiary/aromatic N) is 1. The summed E-state index contributed by atoms with van der Waals surface area (Å²) in [6.07, 6.45) is 2.95. The lowest BCUT2D eigenvalue weighted by molar-refractivity contribution is -0.128. The summed E-state index contributed by atoms with van der Waals surface area (Å²) in [6, 6.07) is 0.483. The molecule has 1 saturated heterocycles. The molecule has 0 aromatic rings. The van der Waals surface area contributed by atoms with Crippen LogP contribution in [0.4, 0.5) is 0 Å². The Morgan fingerprint density at radius 2 is 2.25 bits per heavy atom. The molecule has 0 N–H and O–H groups in total. The molecule has 1 heterocycles. The SMILES string of the molecule is CC(C)CCN1C(=O)CCC1C. The van der Waals surface area contributed by atoms with E-state index in [-0.39, 0.29) is 0 Å². The molecule has 1 fully saturated rings. The van der Waals surface area contributed by atoms with Gasteiger partial charge in [0, 0.05) is 19.0 Å². The van der Waals surface area contributed by atoms with Crippen LogP contribution in [-0.4, -0.2) is 23.4 Å². The fourth-order valence-electron chi connectivity index (χ4n) is 1.62. The van der Waals surface area contributed by atoms with Gasteiger partial charge in [0.1, 0.15) is 0 Å². The summed E-state index contributed by atoms with van der Waals surface area (Å²) < 4.78 is 0. The van der Waals surface area contributed by atoms with Gasteiger partial charge >= 0.3 is 0 Å². The van der Waals surface area contributed by atoms with Crippen molar-refractivity contribution in [1.82, 2.24) is 4.90 Å². The van der Waals surface area contributed by atoms with Crippen molar-refractivity contribution in [2.75, 3.05) is 6.54 Å². The van der Waals surface area contributed by atoms with Gasteiger partial charge in [-0.3, -0.25) is 4.79 Å². The third kappa shape index (κ3) is 2.23. The van der Waals surface area contributed by atoms with Gasteiger partial charge < -0.3 is 4.90 Å². The van der Waals surface area contributed by atoms with E-state index in [0.29, 0.717) is 17.9 Å². The van der Waals surface area contributed by atoms with Crippen molar-refractivity contribution in [2.45, 2.75) is 46.1 Å². The fraction of sp³-hybridized carbons (Fsp3) is 0.900. The van der Waals surface area contributed by atoms with Crippen molar-refractivity contribution in [3.63, 3.8) is 0 Å². The van der Waals surface area contributed by atoms with E-state index >= 15 is 0 Å². The number of carbonyl (C=O) groups excluding carboxylic acids is 1. The Balaban J connectivity index is 2.34. The first-order valence-electron chi connectivity index (χ1n) is 4.90. The van der Waals surface area contributed by atoms with Gasteiger partial charge in [-0.05, 0) is 25.7 Å². The van der Waals surface area contributed by atoms with Gasteiger partial charge in [0.25, 0.3) is 0 Å². The molecule has 1 unspecified atom stereocenters. The van der Waals surface area contributed by atoms with E-state index in [0.717, 1.165) is 25.8 Å². The molecule has 1 atom stereocenters. The molecule has 1 rings (SSSR count). The summed E-state index contributed by atoms with van der Waals surface area (Å²) in [6.45, 7) is 7.50. The maximum absolute atomic E-state index is 11.3. The van der Waals surface area contributed by atoms with Gasteiger partial charge in [-0.1, -0.05) is 13.8 Å². The van der Waals surface area contributed by atoms with Crippen LogP contribution in [0.5, 0.6) is 0 Å². The largest absolute Gasteiger partial charge is 0.340 e. The lowest BCUT2D eigenvalue weighted by atomic mass is 10.1. The molecule has 1 amide bonds. The number of hydrogen-bond donors (Lipinski definition) is 0. The molecule has 2 nitrogen and oxygen atoms in total. The van der Waals surface area contributed by atoms with E-state index < -0.39 is 0 Å². The highest BCUT2D eigenvalue weighted by Gasteiger charge is 2.26. The highest BCUT2D eigenvalue weighted by atomic mass is 16.2. The summed E-state index contributed by atoms with van der Waals surface area (Å²) >= 11 is 0. The average Bonchev–Trinajstić information content (AvgIpc) is 2.28. The molecular formula is C10H19NO. The van der Waals surface area contributed by atoms with Gasteiger partial charge in [0.15, 0.2) is 0 Å². The highest BCUT2D eigenvalue weighted by molar-refractivity contribution is 5.78. The van der Waals surface area contributed by atoms with Crippen molar-refractivity contribution < 1.29 is 4.79 Å². The minimum Gasteiger partial charge on any atom is -0.340 e. The summed E-state index contributed by atoms with van der Waals surface area (Å²) in [5.41, 5.74) is 0. The zero-order valence-electron chi connectivity index (χ0n) is 8.34. The molecule has 0 saturated carbocycles. The first-order valence-corrected chi connectivity index (χ1v) is 4.90. The monoisotopic (exact) mass is 169 g/mol. The second-order valence-electron chi connectivity index (χ2n) is 4.16. The van der Waals surface area contributed by atoms with Crippen LogP contribution in [0, 0.1) is 5.92 Å². The van der Waals surface area contributed by atoms with Crippen molar-refractivity contribution in [1.29, 1.82) is 0 Å². The van der Waals surface area contributed by atoms with E-state index in [9.17, 15) is 4.79 Å². The molecule has 70 valence electrons. The zero-order chi connectivity index (χ0) is 9.14. The van der Waals surface area contributed by atoms with Crippen molar-refractivity contribution in [3.8, 4) is 0 Å². The Kier molecular flexibility index (Phi) is 3.12. The maximum atomic E-state index is 11.3. The van der Waals surface area contributed by atoms with Gasteiger partial charge in [-0.25, -0.2) is 0 Å². The second kappa shape index (κ2) is 3.92. The smallest absolute Gasteiger partial charge is 0.222 e. The van der Waals surface area contributed by atoms with Crippen molar-refractivity contribution in [3.05, 3.63) is 0 Å². The van der Waals surface area contributed by atoms with Gasteiger partial charge in [-0.2, -0.15) is 0 Å². The number of rotatable bonds is 3. The molecule has 0 spiro atoms. The Hall–Kier alpha value is -0.530. The third-order valence-electron chi connectivity index (χ3n) is 2.58. The van der Waals surface area contributed by atoms with E-state index in [1.807, 2.05) is 4.90 Å². The lowest BCUT2D eigenvalue weighted by Gasteiger charge is -2.22. The molecule has 12 heavy (non-hydrogen) atoms. The summed E-state index contributed by atoms with van der Waals surface area (Å²) in [5, 5.41) is 0. The first-order chi connectivity index (χ1) is 5.61. The Bertz CT molecular complexity index is 165. The minimum absolute atomic E-state index is 0.350.